The van der Waals surface area contributed by atoms with Gasteiger partial charge in [-0.2, -0.15) is 0 Å². The summed E-state index contributed by atoms with van der Waals surface area (Å²) in [6, 6.07) is 8.24. The molecule has 2 aliphatic heterocycles. The molecule has 3 fully saturated rings. The van der Waals surface area contributed by atoms with E-state index in [0.717, 1.165) is 50.5 Å². The van der Waals surface area contributed by atoms with Crippen LogP contribution in [0.2, 0.25) is 0 Å². The van der Waals surface area contributed by atoms with Crippen molar-refractivity contribution in [1.82, 2.24) is 5.32 Å². The van der Waals surface area contributed by atoms with Crippen molar-refractivity contribution in [3.8, 4) is 5.75 Å². The number of ether oxygens (including phenoxy) is 2. The van der Waals surface area contributed by atoms with E-state index in [9.17, 15) is 4.79 Å². The van der Waals surface area contributed by atoms with Gasteiger partial charge in [0.05, 0.1) is 12.6 Å². The molecule has 6 heteroatoms. The van der Waals surface area contributed by atoms with Crippen molar-refractivity contribution in [2.24, 2.45) is 11.8 Å². The molecule has 2 saturated heterocycles. The van der Waals surface area contributed by atoms with Gasteiger partial charge in [-0.05, 0) is 68.2 Å². The molecule has 5 nitrogen and oxygen atoms in total. The van der Waals surface area contributed by atoms with Gasteiger partial charge in [-0.25, -0.2) is 0 Å². The highest BCUT2D eigenvalue weighted by Crippen LogP contribution is 2.33. The molecule has 3 aliphatic rings. The zero-order valence-electron chi connectivity index (χ0n) is 15.8. The zero-order valence-corrected chi connectivity index (χ0v) is 16.6. The fourth-order valence-corrected chi connectivity index (χ4v) is 4.51. The fourth-order valence-electron chi connectivity index (χ4n) is 4.51. The Kier molecular flexibility index (Phi) is 7.39. The SMILES string of the molecule is Cl.O=C(Nc1ccc(OCC2CCOCC2)cc1)C1CC2CCCCC2N1. The Bertz CT molecular complexity index is 590. The van der Waals surface area contributed by atoms with Crippen LogP contribution in [0, 0.1) is 11.8 Å². The quantitative estimate of drug-likeness (QED) is 0.798. The standard InChI is InChI=1S/C21H30N2O3.ClH/c24-21(20-13-16-3-1-2-4-19(16)23-20)22-17-5-7-18(8-6-17)26-14-15-9-11-25-12-10-15;/h5-8,15-16,19-20,23H,1-4,9-14H2,(H,22,24);1H. The van der Waals surface area contributed by atoms with Crippen LogP contribution in [0.25, 0.3) is 0 Å². The van der Waals surface area contributed by atoms with Crippen LogP contribution in [0.3, 0.4) is 0 Å². The second-order valence-electron chi connectivity index (χ2n) is 7.99. The highest BCUT2D eigenvalue weighted by Gasteiger charge is 2.38. The number of nitrogens with one attached hydrogen (secondary N) is 2. The number of fused-ring (bicyclic) bond motifs is 1. The largest absolute Gasteiger partial charge is 0.493 e. The summed E-state index contributed by atoms with van der Waals surface area (Å²) in [5.41, 5.74) is 0.838. The first kappa shape index (κ1) is 20.4. The monoisotopic (exact) mass is 394 g/mol. The molecular weight excluding hydrogens is 364 g/mol. The van der Waals surface area contributed by atoms with Crippen molar-refractivity contribution in [3.63, 3.8) is 0 Å². The van der Waals surface area contributed by atoms with Gasteiger partial charge in [-0.1, -0.05) is 12.8 Å². The molecular formula is C21H31ClN2O3. The minimum Gasteiger partial charge on any atom is -0.493 e. The first-order chi connectivity index (χ1) is 12.8. The van der Waals surface area contributed by atoms with Crippen LogP contribution in [0.4, 0.5) is 5.69 Å². The molecule has 4 rings (SSSR count). The van der Waals surface area contributed by atoms with Gasteiger partial charge in [-0.15, -0.1) is 12.4 Å². The van der Waals surface area contributed by atoms with Crippen molar-refractivity contribution < 1.29 is 14.3 Å². The second kappa shape index (κ2) is 9.76. The molecule has 27 heavy (non-hydrogen) atoms. The first-order valence-electron chi connectivity index (χ1n) is 10.2. The predicted octanol–water partition coefficient (Wildman–Crippen LogP) is 3.77. The second-order valence-corrected chi connectivity index (χ2v) is 7.99. The Balaban J connectivity index is 0.00000210. The third-order valence-electron chi connectivity index (χ3n) is 6.13. The number of carbonyl (C=O) groups is 1. The number of benzene rings is 1. The van der Waals surface area contributed by atoms with Crippen molar-refractivity contribution in [3.05, 3.63) is 24.3 Å². The summed E-state index contributed by atoms with van der Waals surface area (Å²) in [6.45, 7) is 2.43. The molecule has 3 atom stereocenters. The summed E-state index contributed by atoms with van der Waals surface area (Å²) in [4.78, 5) is 12.6. The number of hydrogen-bond acceptors (Lipinski definition) is 4. The van der Waals surface area contributed by atoms with Crippen LogP contribution in [0.1, 0.15) is 44.9 Å². The smallest absolute Gasteiger partial charge is 0.241 e. The lowest BCUT2D eigenvalue weighted by atomic mass is 9.85. The lowest BCUT2D eigenvalue weighted by Crippen LogP contribution is -2.39. The van der Waals surface area contributed by atoms with Gasteiger partial charge in [-0.3, -0.25) is 4.79 Å². The number of carbonyl (C=O) groups excluding carboxylic acids is 1. The van der Waals surface area contributed by atoms with Crippen LogP contribution in [-0.2, 0) is 9.53 Å². The molecule has 0 bridgehead atoms. The van der Waals surface area contributed by atoms with E-state index >= 15 is 0 Å². The number of amides is 1. The molecule has 1 amide bonds. The molecule has 1 aliphatic carbocycles. The molecule has 3 unspecified atom stereocenters. The highest BCUT2D eigenvalue weighted by atomic mass is 35.5. The van der Waals surface area contributed by atoms with E-state index in [0.29, 0.717) is 17.9 Å². The van der Waals surface area contributed by atoms with E-state index in [1.54, 1.807) is 0 Å². The van der Waals surface area contributed by atoms with Crippen molar-refractivity contribution >= 4 is 24.0 Å². The van der Waals surface area contributed by atoms with Gasteiger partial charge in [0.1, 0.15) is 5.75 Å². The van der Waals surface area contributed by atoms with E-state index in [4.69, 9.17) is 9.47 Å². The lowest BCUT2D eigenvalue weighted by molar-refractivity contribution is -0.117. The summed E-state index contributed by atoms with van der Waals surface area (Å²) in [5, 5.41) is 6.59. The fraction of sp³-hybridized carbons (Fsp3) is 0.667. The Morgan fingerprint density at radius 1 is 1.11 bits per heavy atom. The van der Waals surface area contributed by atoms with Crippen molar-refractivity contribution in [1.29, 1.82) is 0 Å². The summed E-state index contributed by atoms with van der Waals surface area (Å²) < 4.78 is 11.3. The number of anilines is 1. The van der Waals surface area contributed by atoms with E-state index in [1.807, 2.05) is 24.3 Å². The van der Waals surface area contributed by atoms with Gasteiger partial charge in [0.15, 0.2) is 0 Å². The Labute approximate surface area is 168 Å². The molecule has 0 spiro atoms. The van der Waals surface area contributed by atoms with E-state index in [1.165, 1.54) is 25.7 Å². The average Bonchev–Trinajstić information content (AvgIpc) is 3.13. The van der Waals surface area contributed by atoms with Gasteiger partial charge in [0, 0.05) is 24.9 Å². The van der Waals surface area contributed by atoms with Gasteiger partial charge >= 0.3 is 0 Å². The molecule has 1 aromatic carbocycles. The lowest BCUT2D eigenvalue weighted by Gasteiger charge is -2.24. The molecule has 0 aromatic heterocycles. The third kappa shape index (κ3) is 5.37. The Morgan fingerprint density at radius 2 is 1.85 bits per heavy atom. The normalized spacial score (nSPS) is 28.1. The Morgan fingerprint density at radius 3 is 2.59 bits per heavy atom. The van der Waals surface area contributed by atoms with Gasteiger partial charge in [0.2, 0.25) is 5.91 Å². The molecule has 2 heterocycles. The van der Waals surface area contributed by atoms with Crippen molar-refractivity contribution in [2.45, 2.75) is 57.0 Å². The van der Waals surface area contributed by atoms with E-state index in [2.05, 4.69) is 10.6 Å². The van der Waals surface area contributed by atoms with Crippen LogP contribution in [0.15, 0.2) is 24.3 Å². The summed E-state index contributed by atoms with van der Waals surface area (Å²) in [5.74, 6) is 2.22. The third-order valence-corrected chi connectivity index (χ3v) is 6.13. The maximum absolute atomic E-state index is 12.6. The zero-order chi connectivity index (χ0) is 17.8. The molecule has 1 saturated carbocycles. The van der Waals surface area contributed by atoms with Crippen LogP contribution in [0.5, 0.6) is 5.75 Å². The van der Waals surface area contributed by atoms with Gasteiger partial charge < -0.3 is 20.1 Å². The molecule has 1 aromatic rings. The molecule has 150 valence electrons. The summed E-state index contributed by atoms with van der Waals surface area (Å²) in [7, 11) is 0. The summed E-state index contributed by atoms with van der Waals surface area (Å²) >= 11 is 0. The Hall–Kier alpha value is -1.30. The first-order valence-corrected chi connectivity index (χ1v) is 10.2. The van der Waals surface area contributed by atoms with Gasteiger partial charge in [0.25, 0.3) is 0 Å². The van der Waals surface area contributed by atoms with Crippen LogP contribution in [-0.4, -0.2) is 37.8 Å². The van der Waals surface area contributed by atoms with Crippen LogP contribution >= 0.6 is 12.4 Å². The summed E-state index contributed by atoms with van der Waals surface area (Å²) in [6.07, 6.45) is 8.20. The van der Waals surface area contributed by atoms with E-state index < -0.39 is 0 Å². The van der Waals surface area contributed by atoms with E-state index in [-0.39, 0.29) is 24.4 Å². The van der Waals surface area contributed by atoms with Crippen LogP contribution < -0.4 is 15.4 Å². The average molecular weight is 395 g/mol. The maximum atomic E-state index is 12.6. The predicted molar refractivity (Wildman–Crippen MR) is 109 cm³/mol. The molecule has 0 radical (unpaired) electrons. The van der Waals surface area contributed by atoms with Crippen molar-refractivity contribution in [2.75, 3.05) is 25.1 Å². The highest BCUT2D eigenvalue weighted by molar-refractivity contribution is 5.95. The number of halogens is 1. The maximum Gasteiger partial charge on any atom is 0.241 e. The molecule has 2 N–H and O–H groups in total. The minimum atomic E-state index is -0.0486. The minimum absolute atomic E-state index is 0. The number of rotatable bonds is 5. The topological polar surface area (TPSA) is 59.6 Å². The number of hydrogen-bond donors (Lipinski definition) is 2.